The summed E-state index contributed by atoms with van der Waals surface area (Å²) in [5.74, 6) is 0.169. The molecular formula is C28H36N6O3S. The largest absolute Gasteiger partial charge is 0.390 e. The number of hydrogen-bond donors (Lipinski definition) is 2. The molecule has 2 N–H and O–H groups in total. The van der Waals surface area contributed by atoms with Gasteiger partial charge in [0.25, 0.3) is 0 Å². The number of nitrogens with one attached hydrogen (secondary N) is 1. The van der Waals surface area contributed by atoms with Crippen molar-refractivity contribution in [2.75, 3.05) is 32.6 Å². The summed E-state index contributed by atoms with van der Waals surface area (Å²) in [4.78, 5) is 26.6. The first kappa shape index (κ1) is 25.8. The van der Waals surface area contributed by atoms with Gasteiger partial charge in [0, 0.05) is 30.6 Å². The SMILES string of the molecule is CN1CC(c2ccc3nc(NC(=O)C4CC(N(C)C5(C#N)CC5)C4)sc3c2)C=NC1CO[C@H]1CCC[C@@H]1O. The third-order valence-corrected chi connectivity index (χ3v) is 9.95. The quantitative estimate of drug-likeness (QED) is 0.532. The molecule has 1 amide bonds. The van der Waals surface area contributed by atoms with Gasteiger partial charge in [0.05, 0.1) is 35.1 Å². The topological polar surface area (TPSA) is 114 Å². The van der Waals surface area contributed by atoms with Gasteiger partial charge in [-0.3, -0.25) is 19.6 Å². The number of benzene rings is 1. The fraction of sp³-hybridized carbons (Fsp3) is 0.643. The molecule has 2 aromatic rings. The van der Waals surface area contributed by atoms with Gasteiger partial charge >= 0.3 is 0 Å². The minimum absolute atomic E-state index is 0.0233. The number of rotatable bonds is 8. The second-order valence-corrected chi connectivity index (χ2v) is 12.5. The molecule has 2 heterocycles. The average molecular weight is 537 g/mol. The zero-order valence-electron chi connectivity index (χ0n) is 22.0. The van der Waals surface area contributed by atoms with Crippen LogP contribution in [-0.4, -0.2) is 89.2 Å². The molecule has 4 aliphatic rings. The molecule has 0 radical (unpaired) electrons. The molecule has 10 heteroatoms. The molecule has 3 fully saturated rings. The first-order chi connectivity index (χ1) is 18.3. The first-order valence-corrected chi connectivity index (χ1v) is 14.6. The van der Waals surface area contributed by atoms with Crippen molar-refractivity contribution in [1.29, 1.82) is 5.26 Å². The average Bonchev–Trinajstić information content (AvgIpc) is 3.42. The Morgan fingerprint density at radius 2 is 2.18 bits per heavy atom. The number of thiazole rings is 1. The van der Waals surface area contributed by atoms with Crippen molar-refractivity contribution in [2.24, 2.45) is 10.9 Å². The van der Waals surface area contributed by atoms with E-state index in [-0.39, 0.29) is 41.7 Å². The van der Waals surface area contributed by atoms with Gasteiger partial charge in [-0.15, -0.1) is 0 Å². The van der Waals surface area contributed by atoms with Crippen molar-refractivity contribution in [3.05, 3.63) is 23.8 Å². The van der Waals surface area contributed by atoms with E-state index in [9.17, 15) is 15.2 Å². The van der Waals surface area contributed by atoms with Crippen LogP contribution in [0.5, 0.6) is 0 Å². The Morgan fingerprint density at radius 3 is 2.87 bits per heavy atom. The van der Waals surface area contributed by atoms with Crippen molar-refractivity contribution in [3.8, 4) is 6.07 Å². The molecule has 2 unspecified atom stereocenters. The number of aliphatic hydroxyl groups is 1. The summed E-state index contributed by atoms with van der Waals surface area (Å²) in [7, 11) is 4.08. The number of hydrogen-bond acceptors (Lipinski definition) is 9. The van der Waals surface area contributed by atoms with E-state index in [2.05, 4.69) is 45.4 Å². The number of aromatic nitrogens is 1. The van der Waals surface area contributed by atoms with Gasteiger partial charge in [0.2, 0.25) is 5.91 Å². The van der Waals surface area contributed by atoms with E-state index in [1.807, 2.05) is 19.3 Å². The maximum atomic E-state index is 12.8. The Labute approximate surface area is 227 Å². The monoisotopic (exact) mass is 536 g/mol. The van der Waals surface area contributed by atoms with Crippen molar-refractivity contribution in [1.82, 2.24) is 14.8 Å². The number of likely N-dealkylation sites (N-methyl/N-ethyl adjacent to an activating group) is 1. The highest BCUT2D eigenvalue weighted by molar-refractivity contribution is 7.22. The predicted octanol–water partition coefficient (Wildman–Crippen LogP) is 3.36. The van der Waals surface area contributed by atoms with E-state index in [0.717, 1.165) is 61.7 Å². The molecule has 4 atom stereocenters. The Morgan fingerprint density at radius 1 is 1.37 bits per heavy atom. The second kappa shape index (κ2) is 10.3. The standard InChI is InChI=1S/C28H36N6O3S/c1-33-14-19(13-30-25(33)15-37-23-5-3-4-22(23)35)17-6-7-21-24(12-17)38-27(31-21)32-26(36)18-10-20(11-18)34(2)28(16-29)8-9-28/h6-7,12-13,18-20,22-23,25,35H,3-5,8-11,14-15H2,1-2H3,(H,31,32,36)/t18?,19?,20?,22-,23-,25?/m0/s1. The number of carbonyl (C=O) groups excluding carboxylic acids is 1. The maximum absolute atomic E-state index is 12.8. The van der Waals surface area contributed by atoms with Gasteiger partial charge < -0.3 is 15.2 Å². The van der Waals surface area contributed by atoms with Crippen LogP contribution < -0.4 is 5.32 Å². The van der Waals surface area contributed by atoms with Gasteiger partial charge in [-0.25, -0.2) is 4.98 Å². The highest BCUT2D eigenvalue weighted by Crippen LogP contribution is 2.46. The van der Waals surface area contributed by atoms with Crippen molar-refractivity contribution in [2.45, 2.75) is 80.8 Å². The zero-order chi connectivity index (χ0) is 26.4. The maximum Gasteiger partial charge on any atom is 0.229 e. The number of aliphatic imine (C=N–C) groups is 1. The van der Waals surface area contributed by atoms with Crippen LogP contribution in [0.15, 0.2) is 23.2 Å². The van der Waals surface area contributed by atoms with Gasteiger partial charge in [-0.05, 0) is 76.7 Å². The summed E-state index contributed by atoms with van der Waals surface area (Å²) in [5.41, 5.74) is 1.77. The lowest BCUT2D eigenvalue weighted by Gasteiger charge is -2.42. The van der Waals surface area contributed by atoms with E-state index < -0.39 is 0 Å². The minimum atomic E-state index is -0.349. The van der Waals surface area contributed by atoms with Crippen LogP contribution >= 0.6 is 11.3 Å². The minimum Gasteiger partial charge on any atom is -0.390 e. The molecule has 9 nitrogen and oxygen atoms in total. The van der Waals surface area contributed by atoms with Crippen molar-refractivity contribution < 1.29 is 14.6 Å². The Balaban J connectivity index is 1.04. The number of ether oxygens (including phenoxy) is 1. The van der Waals surface area contributed by atoms with E-state index in [4.69, 9.17) is 9.73 Å². The van der Waals surface area contributed by atoms with E-state index in [1.54, 1.807) is 0 Å². The molecule has 38 heavy (non-hydrogen) atoms. The number of nitrogens with zero attached hydrogens (tertiary/aromatic N) is 5. The number of amides is 1. The molecule has 1 aromatic carbocycles. The number of aliphatic hydroxyl groups excluding tert-OH is 1. The van der Waals surface area contributed by atoms with E-state index >= 15 is 0 Å². The molecule has 202 valence electrons. The Bertz CT molecular complexity index is 1260. The highest BCUT2D eigenvalue weighted by Gasteiger charge is 2.52. The molecular weight excluding hydrogens is 500 g/mol. The van der Waals surface area contributed by atoms with E-state index in [0.29, 0.717) is 17.8 Å². The van der Waals surface area contributed by atoms with E-state index in [1.165, 1.54) is 16.9 Å². The van der Waals surface area contributed by atoms with Gasteiger partial charge in [-0.2, -0.15) is 5.26 Å². The summed E-state index contributed by atoms with van der Waals surface area (Å²) in [6.45, 7) is 1.33. The smallest absolute Gasteiger partial charge is 0.229 e. The summed E-state index contributed by atoms with van der Waals surface area (Å²) < 4.78 is 7.01. The van der Waals surface area contributed by atoms with Crippen LogP contribution in [0.2, 0.25) is 0 Å². The molecule has 0 bridgehead atoms. The number of nitriles is 1. The summed E-state index contributed by atoms with van der Waals surface area (Å²) in [6.07, 6.45) is 7.79. The lowest BCUT2D eigenvalue weighted by Crippen LogP contribution is -2.51. The lowest BCUT2D eigenvalue weighted by atomic mass is 9.78. The normalized spacial score (nSPS) is 32.3. The first-order valence-electron chi connectivity index (χ1n) is 13.7. The van der Waals surface area contributed by atoms with Crippen LogP contribution in [0.25, 0.3) is 10.2 Å². The van der Waals surface area contributed by atoms with Gasteiger partial charge in [-0.1, -0.05) is 17.4 Å². The molecule has 3 aliphatic carbocycles. The second-order valence-electron chi connectivity index (χ2n) is 11.5. The molecule has 1 aliphatic heterocycles. The van der Waals surface area contributed by atoms with Crippen LogP contribution in [0, 0.1) is 17.2 Å². The fourth-order valence-electron chi connectivity index (χ4n) is 6.03. The van der Waals surface area contributed by atoms with Crippen LogP contribution in [0.1, 0.15) is 56.4 Å². The molecule has 1 aromatic heterocycles. The number of carbonyl (C=O) groups is 1. The summed E-state index contributed by atoms with van der Waals surface area (Å²) in [5, 5.41) is 23.1. The Hall–Kier alpha value is -2.42. The molecule has 6 rings (SSSR count). The summed E-state index contributed by atoms with van der Waals surface area (Å²) >= 11 is 1.51. The summed E-state index contributed by atoms with van der Waals surface area (Å²) in [6, 6.07) is 9.02. The van der Waals surface area contributed by atoms with Crippen LogP contribution in [-0.2, 0) is 9.53 Å². The third kappa shape index (κ3) is 4.98. The molecule has 0 saturated heterocycles. The number of anilines is 1. The molecule has 0 spiro atoms. The van der Waals surface area contributed by atoms with Crippen LogP contribution in [0.3, 0.4) is 0 Å². The third-order valence-electron chi connectivity index (χ3n) is 9.02. The van der Waals surface area contributed by atoms with Gasteiger partial charge in [0.1, 0.15) is 11.7 Å². The van der Waals surface area contributed by atoms with Gasteiger partial charge in [0.15, 0.2) is 5.13 Å². The fourth-order valence-corrected chi connectivity index (χ4v) is 6.95. The lowest BCUT2D eigenvalue weighted by molar-refractivity contribution is -0.124. The highest BCUT2D eigenvalue weighted by atomic mass is 32.1. The van der Waals surface area contributed by atoms with Crippen LogP contribution in [0.4, 0.5) is 5.13 Å². The zero-order valence-corrected chi connectivity index (χ0v) is 22.9. The van der Waals surface area contributed by atoms with Crippen molar-refractivity contribution in [3.63, 3.8) is 0 Å². The number of fused-ring (bicyclic) bond motifs is 1. The molecule has 3 saturated carbocycles. The van der Waals surface area contributed by atoms with Crippen molar-refractivity contribution >= 4 is 38.8 Å². The predicted molar refractivity (Wildman–Crippen MR) is 147 cm³/mol. The Kier molecular flexibility index (Phi) is 6.99.